The highest BCUT2D eigenvalue weighted by Crippen LogP contribution is 2.34. The number of thioether (sulfide) groups is 1. The first kappa shape index (κ1) is 20.1. The topological polar surface area (TPSA) is 111 Å². The van der Waals surface area contributed by atoms with Crippen LogP contribution in [0.2, 0.25) is 0 Å². The van der Waals surface area contributed by atoms with Crippen molar-refractivity contribution in [2.75, 3.05) is 5.75 Å². The third kappa shape index (κ3) is 4.91. The summed E-state index contributed by atoms with van der Waals surface area (Å²) in [6.07, 6.45) is -2.33. The van der Waals surface area contributed by atoms with Gasteiger partial charge in [-0.25, -0.2) is 4.79 Å². The molecule has 0 amide bonds. The van der Waals surface area contributed by atoms with Gasteiger partial charge >= 0.3 is 11.9 Å². The number of esters is 2. The van der Waals surface area contributed by atoms with Gasteiger partial charge in [-0.05, 0) is 30.3 Å². The summed E-state index contributed by atoms with van der Waals surface area (Å²) in [4.78, 5) is 26.9. The number of nitrogens with zero attached hydrogens (tertiary/aromatic N) is 3. The number of ether oxygens (including phenoxy) is 3. The van der Waals surface area contributed by atoms with Gasteiger partial charge in [0.2, 0.25) is 0 Å². The second-order valence-electron chi connectivity index (χ2n) is 5.67. The minimum Gasteiger partial charge on any atom is -0.455 e. The van der Waals surface area contributed by atoms with Crippen LogP contribution < -0.4 is 0 Å². The van der Waals surface area contributed by atoms with Crippen LogP contribution in [0.5, 0.6) is 0 Å². The predicted molar refractivity (Wildman–Crippen MR) is 96.6 cm³/mol. The van der Waals surface area contributed by atoms with Gasteiger partial charge in [0.05, 0.1) is 11.7 Å². The van der Waals surface area contributed by atoms with E-state index in [2.05, 4.69) is 10.0 Å². The maximum Gasteiger partial charge on any atom is 0.338 e. The number of hydrogen-bond donors (Lipinski definition) is 0. The van der Waals surface area contributed by atoms with Gasteiger partial charge in [0.15, 0.2) is 12.2 Å². The van der Waals surface area contributed by atoms with Crippen LogP contribution in [0.1, 0.15) is 31.1 Å². The first-order valence-electron chi connectivity index (χ1n) is 8.22. The number of benzene rings is 1. The lowest BCUT2D eigenvalue weighted by molar-refractivity contribution is -0.181. The maximum absolute atomic E-state index is 12.5. The second kappa shape index (κ2) is 9.47. The molecule has 1 aromatic rings. The van der Waals surface area contributed by atoms with Crippen molar-refractivity contribution in [3.05, 3.63) is 46.3 Å². The van der Waals surface area contributed by atoms with Crippen LogP contribution in [-0.2, 0) is 19.0 Å². The number of carbonyl (C=O) groups excluding carboxylic acids is 2. The van der Waals surface area contributed by atoms with E-state index in [1.807, 2.05) is 6.92 Å². The normalized spacial score (nSPS) is 27.9. The molecule has 0 spiro atoms. The van der Waals surface area contributed by atoms with Gasteiger partial charge in [-0.15, -0.1) is 11.8 Å². The molecule has 0 saturated carbocycles. The standard InChI is InChI=1S/C17H21N3O5S/c1-4-26-17-15(24-11(3)21)14(13(19-20-18)10(2)23-17)25-16(22)12-8-6-5-7-9-12/h5-10,13-15,17H,4H2,1-3H3/t10-,13-,14+,15+,17-/m1/s1. The van der Waals surface area contributed by atoms with Crippen LogP contribution >= 0.6 is 11.8 Å². The fraction of sp³-hybridized carbons (Fsp3) is 0.529. The maximum atomic E-state index is 12.5. The molecule has 1 aromatic carbocycles. The lowest BCUT2D eigenvalue weighted by Gasteiger charge is -2.42. The Hall–Kier alpha value is -2.22. The van der Waals surface area contributed by atoms with Crippen molar-refractivity contribution in [3.63, 3.8) is 0 Å². The molecular formula is C17H21N3O5S. The van der Waals surface area contributed by atoms with Crippen LogP contribution in [-0.4, -0.2) is 47.5 Å². The highest BCUT2D eigenvalue weighted by molar-refractivity contribution is 7.99. The third-order valence-electron chi connectivity index (χ3n) is 3.83. The van der Waals surface area contributed by atoms with E-state index in [0.717, 1.165) is 0 Å². The van der Waals surface area contributed by atoms with E-state index in [9.17, 15) is 9.59 Å². The van der Waals surface area contributed by atoms with Crippen molar-refractivity contribution in [2.24, 2.45) is 5.11 Å². The van der Waals surface area contributed by atoms with E-state index in [-0.39, 0.29) is 0 Å². The largest absolute Gasteiger partial charge is 0.455 e. The van der Waals surface area contributed by atoms with E-state index < -0.39 is 41.7 Å². The molecule has 1 aliphatic rings. The summed E-state index contributed by atoms with van der Waals surface area (Å²) in [7, 11) is 0. The van der Waals surface area contributed by atoms with Crippen LogP contribution in [0.4, 0.5) is 0 Å². The van der Waals surface area contributed by atoms with Crippen LogP contribution in [0, 0.1) is 0 Å². The van der Waals surface area contributed by atoms with E-state index >= 15 is 0 Å². The third-order valence-corrected chi connectivity index (χ3v) is 4.87. The van der Waals surface area contributed by atoms with Crippen molar-refractivity contribution in [2.45, 2.75) is 50.6 Å². The van der Waals surface area contributed by atoms with Gasteiger partial charge in [0.1, 0.15) is 11.5 Å². The predicted octanol–water partition coefficient (Wildman–Crippen LogP) is 3.32. The van der Waals surface area contributed by atoms with E-state index in [0.29, 0.717) is 11.3 Å². The Bertz CT molecular complexity index is 680. The summed E-state index contributed by atoms with van der Waals surface area (Å²) < 4.78 is 16.9. The lowest BCUT2D eigenvalue weighted by Crippen LogP contribution is -2.57. The van der Waals surface area contributed by atoms with E-state index in [1.165, 1.54) is 18.7 Å². The average molecular weight is 379 g/mol. The van der Waals surface area contributed by atoms with Crippen LogP contribution in [0.3, 0.4) is 0 Å². The number of hydrogen-bond acceptors (Lipinski definition) is 7. The molecule has 1 heterocycles. The first-order chi connectivity index (χ1) is 12.5. The molecule has 2 rings (SSSR count). The SMILES string of the molecule is CCS[C@H]1O[C@H](C)[C@@H](N=[N+]=[N-])[C@H](OC(=O)c2ccccc2)[C@@H]1OC(C)=O. The average Bonchev–Trinajstić information content (AvgIpc) is 2.61. The van der Waals surface area contributed by atoms with Crippen molar-refractivity contribution in [1.29, 1.82) is 0 Å². The molecule has 1 aliphatic heterocycles. The quantitative estimate of drug-likeness (QED) is 0.324. The van der Waals surface area contributed by atoms with Gasteiger partial charge in [-0.2, -0.15) is 0 Å². The molecule has 8 nitrogen and oxygen atoms in total. The van der Waals surface area contributed by atoms with Gasteiger partial charge in [-0.3, -0.25) is 4.79 Å². The van der Waals surface area contributed by atoms with Crippen LogP contribution in [0.25, 0.3) is 10.4 Å². The molecule has 0 radical (unpaired) electrons. The van der Waals surface area contributed by atoms with Crippen molar-refractivity contribution < 1.29 is 23.8 Å². The summed E-state index contributed by atoms with van der Waals surface area (Å²) in [6.45, 7) is 4.94. The number of azide groups is 1. The number of carbonyl (C=O) groups is 2. The molecule has 0 aliphatic carbocycles. The zero-order valence-corrected chi connectivity index (χ0v) is 15.6. The fourth-order valence-electron chi connectivity index (χ4n) is 2.72. The van der Waals surface area contributed by atoms with Crippen molar-refractivity contribution in [3.8, 4) is 0 Å². The highest BCUT2D eigenvalue weighted by Gasteiger charge is 2.48. The summed E-state index contributed by atoms with van der Waals surface area (Å²) in [5, 5.41) is 3.72. The molecule has 5 atom stereocenters. The molecule has 0 N–H and O–H groups in total. The highest BCUT2D eigenvalue weighted by atomic mass is 32.2. The molecule has 140 valence electrons. The zero-order valence-electron chi connectivity index (χ0n) is 14.8. The Morgan fingerprint density at radius 2 is 1.96 bits per heavy atom. The summed E-state index contributed by atoms with van der Waals surface area (Å²) >= 11 is 1.43. The Morgan fingerprint density at radius 1 is 1.27 bits per heavy atom. The molecule has 1 saturated heterocycles. The van der Waals surface area contributed by atoms with Gasteiger partial charge in [0, 0.05) is 11.8 Å². The number of rotatable bonds is 6. The van der Waals surface area contributed by atoms with Gasteiger partial charge < -0.3 is 14.2 Å². The lowest BCUT2D eigenvalue weighted by atomic mass is 9.98. The molecule has 0 bridgehead atoms. The smallest absolute Gasteiger partial charge is 0.338 e. The molecule has 0 aromatic heterocycles. The summed E-state index contributed by atoms with van der Waals surface area (Å²) in [6, 6.07) is 7.64. The minimum atomic E-state index is -0.949. The van der Waals surface area contributed by atoms with Gasteiger partial charge in [0.25, 0.3) is 0 Å². The molecule has 1 fully saturated rings. The van der Waals surface area contributed by atoms with Crippen molar-refractivity contribution >= 4 is 23.7 Å². The zero-order chi connectivity index (χ0) is 19.1. The van der Waals surface area contributed by atoms with Gasteiger partial charge in [-0.1, -0.05) is 30.2 Å². The second-order valence-corrected chi connectivity index (χ2v) is 7.05. The summed E-state index contributed by atoms with van der Waals surface area (Å²) in [5.41, 5.74) is 8.72. The Balaban J connectivity index is 2.34. The van der Waals surface area contributed by atoms with E-state index in [1.54, 1.807) is 37.3 Å². The fourth-order valence-corrected chi connectivity index (χ4v) is 3.70. The van der Waals surface area contributed by atoms with Crippen molar-refractivity contribution in [1.82, 2.24) is 0 Å². The molecule has 0 unspecified atom stereocenters. The Morgan fingerprint density at radius 3 is 2.54 bits per heavy atom. The molecule has 9 heteroatoms. The summed E-state index contributed by atoms with van der Waals surface area (Å²) in [5.74, 6) is -0.406. The Labute approximate surface area is 155 Å². The van der Waals surface area contributed by atoms with E-state index in [4.69, 9.17) is 19.7 Å². The van der Waals surface area contributed by atoms with Crippen LogP contribution in [0.15, 0.2) is 35.4 Å². The molecule has 26 heavy (non-hydrogen) atoms. The minimum absolute atomic E-state index is 0.354. The first-order valence-corrected chi connectivity index (χ1v) is 9.27. The molecular weight excluding hydrogens is 358 g/mol. The monoisotopic (exact) mass is 379 g/mol. The Kier molecular flexibility index (Phi) is 7.32.